The van der Waals surface area contributed by atoms with Gasteiger partial charge >= 0.3 is 5.63 Å². The summed E-state index contributed by atoms with van der Waals surface area (Å²) in [5, 5.41) is 0.837. The lowest BCUT2D eigenvalue weighted by molar-refractivity contribution is 0.171. The van der Waals surface area contributed by atoms with E-state index in [0.717, 1.165) is 35.2 Å². The van der Waals surface area contributed by atoms with Crippen LogP contribution in [0.1, 0.15) is 17.2 Å². The number of methoxy groups -OCH3 is 1. The van der Waals surface area contributed by atoms with Gasteiger partial charge in [-0.3, -0.25) is 4.90 Å². The van der Waals surface area contributed by atoms with Crippen molar-refractivity contribution in [1.82, 2.24) is 4.90 Å². The normalized spacial score (nSPS) is 17.0. The van der Waals surface area contributed by atoms with Crippen molar-refractivity contribution in [2.75, 3.05) is 34.1 Å². The van der Waals surface area contributed by atoms with Gasteiger partial charge in [-0.25, -0.2) is 4.79 Å². The second-order valence-corrected chi connectivity index (χ2v) is 7.41. The van der Waals surface area contributed by atoms with Gasteiger partial charge in [0.15, 0.2) is 11.5 Å². The Labute approximate surface area is 179 Å². The third-order valence-corrected chi connectivity index (χ3v) is 5.54. The highest BCUT2D eigenvalue weighted by Gasteiger charge is 2.33. The van der Waals surface area contributed by atoms with Crippen molar-refractivity contribution in [3.63, 3.8) is 0 Å². The van der Waals surface area contributed by atoms with E-state index in [1.807, 2.05) is 25.2 Å². The number of fused-ring (bicyclic) bond motifs is 3. The average Bonchev–Trinajstić information content (AvgIpc) is 3.24. The van der Waals surface area contributed by atoms with Gasteiger partial charge in [-0.15, -0.1) is 0 Å². The molecular weight excluding hydrogens is 398 g/mol. The van der Waals surface area contributed by atoms with Crippen LogP contribution < -0.4 is 24.6 Å². The van der Waals surface area contributed by atoms with Crippen molar-refractivity contribution in [1.29, 1.82) is 0 Å². The molecule has 0 N–H and O–H groups in total. The molecule has 0 saturated heterocycles. The maximum atomic E-state index is 11.4. The fourth-order valence-electron chi connectivity index (χ4n) is 4.00. The molecule has 1 aromatic heterocycles. The molecule has 0 amide bonds. The van der Waals surface area contributed by atoms with E-state index in [1.165, 1.54) is 6.07 Å². The molecule has 7 nitrogen and oxygen atoms in total. The van der Waals surface area contributed by atoms with Crippen LogP contribution in [0, 0.1) is 11.8 Å². The van der Waals surface area contributed by atoms with Crippen LogP contribution in [0.2, 0.25) is 0 Å². The van der Waals surface area contributed by atoms with Gasteiger partial charge in [0.05, 0.1) is 7.11 Å². The summed E-state index contributed by atoms with van der Waals surface area (Å²) in [7, 11) is 3.68. The first kappa shape index (κ1) is 19.3. The largest absolute Gasteiger partial charge is 0.492 e. The van der Waals surface area contributed by atoms with Crippen LogP contribution in [0.25, 0.3) is 11.0 Å². The topological polar surface area (TPSA) is 70.4 Å². The number of rotatable bonds is 3. The van der Waals surface area contributed by atoms with Crippen LogP contribution in [0.15, 0.2) is 45.6 Å². The fourth-order valence-corrected chi connectivity index (χ4v) is 4.00. The molecule has 2 aliphatic rings. The maximum Gasteiger partial charge on any atom is 0.336 e. The van der Waals surface area contributed by atoms with Gasteiger partial charge in [0, 0.05) is 29.6 Å². The number of ether oxygens (including phenoxy) is 4. The molecular formula is C24H21NO6. The van der Waals surface area contributed by atoms with Gasteiger partial charge in [0.25, 0.3) is 0 Å². The van der Waals surface area contributed by atoms with Crippen molar-refractivity contribution in [2.45, 2.75) is 12.5 Å². The number of hydrogen-bond donors (Lipinski definition) is 0. The third kappa shape index (κ3) is 3.56. The standard InChI is InChI=1S/C24H21NO6/c1-25-10-9-16-12-20-23(30-14-29-20)24(27-2)22(16)18(25)4-3-11-28-17-7-5-15-6-8-21(26)31-19(15)13-17/h5-8,12-13,18H,9-11,14H2,1-2H3/t18-/m0/s1. The van der Waals surface area contributed by atoms with Crippen molar-refractivity contribution in [3.8, 4) is 34.8 Å². The minimum absolute atomic E-state index is 0.147. The third-order valence-electron chi connectivity index (χ3n) is 5.54. The lowest BCUT2D eigenvalue weighted by Gasteiger charge is -2.32. The molecule has 0 fully saturated rings. The predicted octanol–water partition coefficient (Wildman–Crippen LogP) is 3.14. The van der Waals surface area contributed by atoms with E-state index in [1.54, 1.807) is 19.2 Å². The predicted molar refractivity (Wildman–Crippen MR) is 114 cm³/mol. The average molecular weight is 419 g/mol. The van der Waals surface area contributed by atoms with Crippen LogP contribution in [0.5, 0.6) is 23.0 Å². The minimum Gasteiger partial charge on any atom is -0.492 e. The minimum atomic E-state index is -0.391. The van der Waals surface area contributed by atoms with Crippen molar-refractivity contribution in [3.05, 3.63) is 57.9 Å². The summed E-state index contributed by atoms with van der Waals surface area (Å²) in [6, 6.07) is 10.4. The molecule has 31 heavy (non-hydrogen) atoms. The molecule has 1 atom stereocenters. The van der Waals surface area contributed by atoms with E-state index in [0.29, 0.717) is 22.8 Å². The monoisotopic (exact) mass is 419 g/mol. The van der Waals surface area contributed by atoms with Gasteiger partial charge in [-0.05, 0) is 43.3 Å². The zero-order chi connectivity index (χ0) is 21.4. The molecule has 0 radical (unpaired) electrons. The molecule has 0 bridgehead atoms. The second kappa shape index (κ2) is 7.89. The highest BCUT2D eigenvalue weighted by molar-refractivity contribution is 5.77. The lowest BCUT2D eigenvalue weighted by Crippen LogP contribution is -2.31. The quantitative estimate of drug-likeness (QED) is 0.477. The van der Waals surface area contributed by atoms with Crippen molar-refractivity contribution < 1.29 is 23.4 Å². The number of benzene rings is 2. The Balaban J connectivity index is 1.39. The van der Waals surface area contributed by atoms with Crippen LogP contribution in [-0.4, -0.2) is 39.0 Å². The highest BCUT2D eigenvalue weighted by atomic mass is 16.7. The van der Waals surface area contributed by atoms with E-state index in [9.17, 15) is 4.79 Å². The van der Waals surface area contributed by atoms with Crippen LogP contribution >= 0.6 is 0 Å². The van der Waals surface area contributed by atoms with Gasteiger partial charge in [0.2, 0.25) is 12.5 Å². The van der Waals surface area contributed by atoms with E-state index in [-0.39, 0.29) is 19.4 Å². The van der Waals surface area contributed by atoms with E-state index < -0.39 is 5.63 Å². The maximum absolute atomic E-state index is 11.4. The molecule has 0 aliphatic carbocycles. The molecule has 2 aromatic carbocycles. The van der Waals surface area contributed by atoms with E-state index >= 15 is 0 Å². The summed E-state index contributed by atoms with van der Waals surface area (Å²) >= 11 is 0. The Hall–Kier alpha value is -3.63. The zero-order valence-electron chi connectivity index (χ0n) is 17.3. The second-order valence-electron chi connectivity index (χ2n) is 7.41. The van der Waals surface area contributed by atoms with Crippen LogP contribution in [-0.2, 0) is 6.42 Å². The highest BCUT2D eigenvalue weighted by Crippen LogP contribution is 2.49. The van der Waals surface area contributed by atoms with Gasteiger partial charge in [-0.1, -0.05) is 11.8 Å². The first-order chi connectivity index (χ1) is 15.1. The summed E-state index contributed by atoms with van der Waals surface area (Å²) in [4.78, 5) is 13.6. The summed E-state index contributed by atoms with van der Waals surface area (Å²) in [5.41, 5.74) is 2.27. The van der Waals surface area contributed by atoms with Crippen LogP contribution in [0.3, 0.4) is 0 Å². The molecule has 7 heteroatoms. The van der Waals surface area contributed by atoms with Gasteiger partial charge in [0.1, 0.15) is 24.0 Å². The number of hydrogen-bond acceptors (Lipinski definition) is 7. The Bertz CT molecular complexity index is 1270. The molecule has 2 aliphatic heterocycles. The molecule has 0 saturated carbocycles. The van der Waals surface area contributed by atoms with E-state index in [2.05, 4.69) is 16.7 Å². The summed E-state index contributed by atoms with van der Waals surface area (Å²) in [5.74, 6) is 9.06. The molecule has 3 heterocycles. The fraction of sp³-hybridized carbons (Fsp3) is 0.292. The van der Waals surface area contributed by atoms with Gasteiger partial charge in [-0.2, -0.15) is 0 Å². The van der Waals surface area contributed by atoms with Crippen LogP contribution in [0.4, 0.5) is 0 Å². The summed E-state index contributed by atoms with van der Waals surface area (Å²) in [6.07, 6.45) is 0.885. The summed E-state index contributed by atoms with van der Waals surface area (Å²) in [6.45, 7) is 1.27. The Morgan fingerprint density at radius 2 is 2.06 bits per heavy atom. The number of likely N-dealkylation sites (N-methyl/N-ethyl adjacent to an activating group) is 1. The van der Waals surface area contributed by atoms with Gasteiger partial charge < -0.3 is 23.4 Å². The van der Waals surface area contributed by atoms with E-state index in [4.69, 9.17) is 23.4 Å². The van der Waals surface area contributed by atoms with Crippen molar-refractivity contribution in [2.24, 2.45) is 0 Å². The Morgan fingerprint density at radius 3 is 2.94 bits per heavy atom. The Kier molecular flexibility index (Phi) is 4.92. The summed E-state index contributed by atoms with van der Waals surface area (Å²) < 4.78 is 27.8. The number of nitrogens with zero attached hydrogens (tertiary/aromatic N) is 1. The molecule has 3 aromatic rings. The first-order valence-electron chi connectivity index (χ1n) is 9.99. The zero-order valence-corrected chi connectivity index (χ0v) is 17.3. The molecule has 158 valence electrons. The molecule has 0 unspecified atom stereocenters. The SMILES string of the molecule is COc1c2c(cc3c1[C@H](C#CCOc1ccc4ccc(=O)oc4c1)N(C)CC3)OCO2. The Morgan fingerprint density at radius 1 is 1.19 bits per heavy atom. The lowest BCUT2D eigenvalue weighted by atomic mass is 9.91. The smallest absolute Gasteiger partial charge is 0.336 e. The van der Waals surface area contributed by atoms with Crippen molar-refractivity contribution >= 4 is 11.0 Å². The molecule has 5 rings (SSSR count). The molecule has 0 spiro atoms. The first-order valence-corrected chi connectivity index (χ1v) is 9.99.